The lowest BCUT2D eigenvalue weighted by Crippen LogP contribution is -2.04. The minimum absolute atomic E-state index is 0.483. The number of aryl methyl sites for hydroxylation is 1. The van der Waals surface area contributed by atoms with E-state index in [9.17, 15) is 5.21 Å². The fourth-order valence-electron chi connectivity index (χ4n) is 2.86. The molecule has 0 saturated carbocycles. The summed E-state index contributed by atoms with van der Waals surface area (Å²) in [6.45, 7) is 2.08. The van der Waals surface area contributed by atoms with E-state index >= 15 is 0 Å². The van der Waals surface area contributed by atoms with Gasteiger partial charge in [0, 0.05) is 23.0 Å². The Labute approximate surface area is 138 Å². The van der Waals surface area contributed by atoms with Crippen LogP contribution < -0.4 is 5.36 Å². The van der Waals surface area contributed by atoms with Crippen LogP contribution in [-0.2, 0) is 6.42 Å². The SMILES string of the molecule is CCc1ccc2oc(-c3cc4ccccc4cn3)cc(=NO)c2c1. The van der Waals surface area contributed by atoms with Crippen molar-refractivity contribution in [2.24, 2.45) is 5.16 Å². The van der Waals surface area contributed by atoms with Gasteiger partial charge in [0.2, 0.25) is 0 Å². The van der Waals surface area contributed by atoms with Gasteiger partial charge in [0.15, 0.2) is 5.76 Å². The third kappa shape index (κ3) is 2.42. The molecule has 0 amide bonds. The molecule has 0 saturated heterocycles. The molecule has 4 rings (SSSR count). The van der Waals surface area contributed by atoms with Crippen molar-refractivity contribution < 1.29 is 9.62 Å². The Morgan fingerprint density at radius 3 is 2.67 bits per heavy atom. The molecule has 2 aromatic heterocycles. The molecule has 4 heteroatoms. The zero-order valence-corrected chi connectivity index (χ0v) is 13.2. The van der Waals surface area contributed by atoms with E-state index in [4.69, 9.17) is 4.42 Å². The second-order valence-electron chi connectivity index (χ2n) is 5.70. The van der Waals surface area contributed by atoms with Crippen molar-refractivity contribution >= 4 is 21.7 Å². The predicted molar refractivity (Wildman–Crippen MR) is 93.7 cm³/mol. The van der Waals surface area contributed by atoms with E-state index in [1.807, 2.05) is 54.7 Å². The Morgan fingerprint density at radius 1 is 1.04 bits per heavy atom. The lowest BCUT2D eigenvalue weighted by molar-refractivity contribution is 0.302. The summed E-state index contributed by atoms with van der Waals surface area (Å²) < 4.78 is 6.01. The highest BCUT2D eigenvalue weighted by Crippen LogP contribution is 2.24. The van der Waals surface area contributed by atoms with Crippen LogP contribution in [0, 0.1) is 0 Å². The lowest BCUT2D eigenvalue weighted by atomic mass is 10.1. The van der Waals surface area contributed by atoms with Gasteiger partial charge in [-0.25, -0.2) is 0 Å². The average Bonchev–Trinajstić information content (AvgIpc) is 2.66. The highest BCUT2D eigenvalue weighted by molar-refractivity contribution is 5.85. The molecule has 118 valence electrons. The number of hydrogen-bond donors (Lipinski definition) is 1. The average molecular weight is 316 g/mol. The van der Waals surface area contributed by atoms with Crippen LogP contribution in [0.2, 0.25) is 0 Å². The van der Waals surface area contributed by atoms with Gasteiger partial charge in [-0.3, -0.25) is 4.98 Å². The van der Waals surface area contributed by atoms with Crippen molar-refractivity contribution in [3.05, 3.63) is 71.7 Å². The number of nitrogens with zero attached hydrogens (tertiary/aromatic N) is 2. The standard InChI is InChI=1S/C20H16N2O2/c1-2-13-7-8-19-16(9-13)17(22-23)11-20(24-19)18-10-14-5-3-4-6-15(14)12-21-18/h3-12,23H,2H2,1H3. The molecule has 0 atom stereocenters. The second-order valence-corrected chi connectivity index (χ2v) is 5.70. The largest absolute Gasteiger partial charge is 0.454 e. The maximum Gasteiger partial charge on any atom is 0.155 e. The Balaban J connectivity index is 1.95. The molecular weight excluding hydrogens is 300 g/mol. The number of hydrogen-bond acceptors (Lipinski definition) is 4. The molecule has 0 bridgehead atoms. The Kier molecular flexibility index (Phi) is 3.50. The summed E-state index contributed by atoms with van der Waals surface area (Å²) in [5.74, 6) is 0.574. The summed E-state index contributed by atoms with van der Waals surface area (Å²) in [6.07, 6.45) is 2.73. The first-order valence-electron chi connectivity index (χ1n) is 7.88. The summed E-state index contributed by atoms with van der Waals surface area (Å²) in [4.78, 5) is 4.48. The first kappa shape index (κ1) is 14.5. The number of pyridine rings is 1. The van der Waals surface area contributed by atoms with E-state index in [1.54, 1.807) is 6.07 Å². The molecule has 4 aromatic rings. The topological polar surface area (TPSA) is 58.6 Å². The number of benzene rings is 2. The summed E-state index contributed by atoms with van der Waals surface area (Å²) in [5.41, 5.74) is 2.55. The van der Waals surface area contributed by atoms with Crippen molar-refractivity contribution in [1.29, 1.82) is 0 Å². The van der Waals surface area contributed by atoms with Gasteiger partial charge in [0.1, 0.15) is 16.6 Å². The molecule has 0 aliphatic carbocycles. The van der Waals surface area contributed by atoms with Crippen LogP contribution in [0.4, 0.5) is 0 Å². The minimum Gasteiger partial charge on any atom is -0.454 e. The zero-order valence-electron chi connectivity index (χ0n) is 13.2. The summed E-state index contributed by atoms with van der Waals surface area (Å²) in [6, 6.07) is 17.6. The number of fused-ring (bicyclic) bond motifs is 2. The second kappa shape index (κ2) is 5.81. The quantitative estimate of drug-likeness (QED) is 0.437. The Morgan fingerprint density at radius 2 is 1.88 bits per heavy atom. The molecule has 2 heterocycles. The molecule has 24 heavy (non-hydrogen) atoms. The molecule has 0 spiro atoms. The maximum absolute atomic E-state index is 9.41. The van der Waals surface area contributed by atoms with Gasteiger partial charge in [-0.2, -0.15) is 0 Å². The van der Waals surface area contributed by atoms with Crippen molar-refractivity contribution in [2.45, 2.75) is 13.3 Å². The third-order valence-electron chi connectivity index (χ3n) is 4.21. The highest BCUT2D eigenvalue weighted by atomic mass is 16.4. The van der Waals surface area contributed by atoms with E-state index in [0.29, 0.717) is 22.4 Å². The Bertz CT molecular complexity index is 1110. The van der Waals surface area contributed by atoms with Gasteiger partial charge in [0.05, 0.1) is 0 Å². The van der Waals surface area contributed by atoms with Gasteiger partial charge in [0.25, 0.3) is 0 Å². The fraction of sp³-hybridized carbons (Fsp3) is 0.100. The minimum atomic E-state index is 0.483. The molecule has 0 unspecified atom stereocenters. The van der Waals surface area contributed by atoms with Crippen molar-refractivity contribution in [3.8, 4) is 11.5 Å². The van der Waals surface area contributed by atoms with Gasteiger partial charge >= 0.3 is 0 Å². The smallest absolute Gasteiger partial charge is 0.155 e. The summed E-state index contributed by atoms with van der Waals surface area (Å²) in [5, 5.41) is 16.3. The van der Waals surface area contributed by atoms with Crippen LogP contribution in [0.15, 0.2) is 70.4 Å². The molecule has 1 N–H and O–H groups in total. The molecule has 2 aromatic carbocycles. The molecule has 4 nitrogen and oxygen atoms in total. The van der Waals surface area contributed by atoms with Gasteiger partial charge < -0.3 is 9.62 Å². The Hall–Kier alpha value is -3.14. The summed E-state index contributed by atoms with van der Waals surface area (Å²) >= 11 is 0. The van der Waals surface area contributed by atoms with E-state index in [1.165, 1.54) is 5.56 Å². The van der Waals surface area contributed by atoms with E-state index in [2.05, 4.69) is 17.1 Å². The maximum atomic E-state index is 9.41. The van der Waals surface area contributed by atoms with Gasteiger partial charge in [-0.1, -0.05) is 42.4 Å². The summed E-state index contributed by atoms with van der Waals surface area (Å²) in [7, 11) is 0. The van der Waals surface area contributed by atoms with E-state index in [0.717, 1.165) is 22.6 Å². The molecule has 0 radical (unpaired) electrons. The third-order valence-corrected chi connectivity index (χ3v) is 4.21. The number of aromatic nitrogens is 1. The highest BCUT2D eigenvalue weighted by Gasteiger charge is 2.09. The molecule has 0 aliphatic heterocycles. The normalized spacial score (nSPS) is 12.1. The molecule has 0 aliphatic rings. The van der Waals surface area contributed by atoms with Crippen molar-refractivity contribution in [3.63, 3.8) is 0 Å². The first-order chi connectivity index (χ1) is 11.8. The van der Waals surface area contributed by atoms with Crippen LogP contribution in [0.5, 0.6) is 0 Å². The molecular formula is C20H16N2O2. The van der Waals surface area contributed by atoms with Crippen LogP contribution in [0.25, 0.3) is 33.2 Å². The van der Waals surface area contributed by atoms with Crippen LogP contribution in [0.3, 0.4) is 0 Å². The van der Waals surface area contributed by atoms with Crippen LogP contribution >= 0.6 is 0 Å². The predicted octanol–water partition coefficient (Wildman–Crippen LogP) is 4.50. The van der Waals surface area contributed by atoms with E-state index < -0.39 is 0 Å². The van der Waals surface area contributed by atoms with Crippen LogP contribution in [0.1, 0.15) is 12.5 Å². The first-order valence-corrected chi connectivity index (χ1v) is 7.88. The monoisotopic (exact) mass is 316 g/mol. The van der Waals surface area contributed by atoms with E-state index in [-0.39, 0.29) is 0 Å². The van der Waals surface area contributed by atoms with Crippen molar-refractivity contribution in [2.75, 3.05) is 0 Å². The molecule has 0 fully saturated rings. The zero-order chi connectivity index (χ0) is 16.5. The lowest BCUT2D eigenvalue weighted by Gasteiger charge is -2.06. The van der Waals surface area contributed by atoms with Crippen molar-refractivity contribution in [1.82, 2.24) is 4.98 Å². The fourth-order valence-corrected chi connectivity index (χ4v) is 2.86. The van der Waals surface area contributed by atoms with Gasteiger partial charge in [-0.15, -0.1) is 0 Å². The van der Waals surface area contributed by atoms with Gasteiger partial charge in [-0.05, 0) is 35.6 Å². The number of rotatable bonds is 2. The van der Waals surface area contributed by atoms with Crippen LogP contribution in [-0.4, -0.2) is 10.2 Å².